The van der Waals surface area contributed by atoms with Crippen molar-refractivity contribution in [3.63, 3.8) is 0 Å². The van der Waals surface area contributed by atoms with E-state index in [0.29, 0.717) is 54.9 Å². The number of amides is 2. The molecule has 2 amide bonds. The number of urea groups is 1. The fourth-order valence-electron chi connectivity index (χ4n) is 3.26. The van der Waals surface area contributed by atoms with Crippen LogP contribution in [0.15, 0.2) is 29.8 Å². The van der Waals surface area contributed by atoms with Crippen molar-refractivity contribution in [3.8, 4) is 11.3 Å². The Morgan fingerprint density at radius 3 is 3.00 bits per heavy atom. The predicted molar refractivity (Wildman–Crippen MR) is 115 cm³/mol. The highest BCUT2D eigenvalue weighted by atomic mass is 32.1. The van der Waals surface area contributed by atoms with Crippen LogP contribution >= 0.6 is 11.3 Å². The van der Waals surface area contributed by atoms with Gasteiger partial charge in [-0.1, -0.05) is 0 Å². The molecule has 158 valence electrons. The number of thiazole rings is 1. The molecule has 1 aromatic carbocycles. The summed E-state index contributed by atoms with van der Waals surface area (Å²) in [7, 11) is 0. The SMILES string of the molecule is CCOCCn1ncc(Nc2nc(-c3ccc(N4CCNC4=O)cc3F)cs2)c1C. The van der Waals surface area contributed by atoms with E-state index in [1.165, 1.54) is 22.3 Å². The number of carbonyl (C=O) groups excluding carboxylic acids is 1. The largest absolute Gasteiger partial charge is 0.380 e. The van der Waals surface area contributed by atoms with E-state index < -0.39 is 5.82 Å². The first kappa shape index (κ1) is 20.3. The quantitative estimate of drug-likeness (QED) is 0.532. The Morgan fingerprint density at radius 1 is 1.40 bits per heavy atom. The van der Waals surface area contributed by atoms with Gasteiger partial charge in [-0.05, 0) is 32.0 Å². The molecule has 8 nitrogen and oxygen atoms in total. The zero-order valence-corrected chi connectivity index (χ0v) is 17.6. The molecule has 2 N–H and O–H groups in total. The molecule has 0 atom stereocenters. The minimum atomic E-state index is -0.413. The first-order chi connectivity index (χ1) is 14.6. The van der Waals surface area contributed by atoms with Gasteiger partial charge in [-0.3, -0.25) is 9.58 Å². The Bertz CT molecular complexity index is 1050. The molecule has 0 bridgehead atoms. The predicted octanol–water partition coefficient (Wildman–Crippen LogP) is 3.76. The molecule has 30 heavy (non-hydrogen) atoms. The maximum atomic E-state index is 14.7. The summed E-state index contributed by atoms with van der Waals surface area (Å²) >= 11 is 1.39. The topological polar surface area (TPSA) is 84.3 Å². The standard InChI is InChI=1S/C20H23FN6O2S/c1-3-29-9-8-27-13(2)17(11-23-27)24-19-25-18(12-30-19)15-5-4-14(10-16(15)21)26-7-6-22-20(26)28/h4-5,10-12H,3,6-9H2,1-2H3,(H,22,28)(H,24,25). The summed E-state index contributed by atoms with van der Waals surface area (Å²) in [5.74, 6) is -0.413. The van der Waals surface area contributed by atoms with Gasteiger partial charge in [0.2, 0.25) is 0 Å². The number of anilines is 3. The lowest BCUT2D eigenvalue weighted by molar-refractivity contribution is 0.136. The number of ether oxygens (including phenoxy) is 1. The van der Waals surface area contributed by atoms with Crippen LogP contribution < -0.4 is 15.5 Å². The number of halogens is 1. The van der Waals surface area contributed by atoms with Crippen molar-refractivity contribution in [2.45, 2.75) is 20.4 Å². The first-order valence-corrected chi connectivity index (χ1v) is 10.6. The van der Waals surface area contributed by atoms with Crippen molar-refractivity contribution >= 4 is 33.9 Å². The van der Waals surface area contributed by atoms with Crippen molar-refractivity contribution in [1.29, 1.82) is 0 Å². The Morgan fingerprint density at radius 2 is 2.27 bits per heavy atom. The molecule has 3 aromatic rings. The summed E-state index contributed by atoms with van der Waals surface area (Å²) < 4.78 is 22.0. The normalized spacial score (nSPS) is 13.7. The van der Waals surface area contributed by atoms with Crippen LogP contribution in [-0.2, 0) is 11.3 Å². The Balaban J connectivity index is 1.47. The fraction of sp³-hybridized carbons (Fsp3) is 0.350. The third-order valence-corrected chi connectivity index (χ3v) is 5.66. The molecular formula is C20H23FN6O2S. The van der Waals surface area contributed by atoms with Crippen LogP contribution in [0.25, 0.3) is 11.3 Å². The van der Waals surface area contributed by atoms with Crippen molar-refractivity contribution in [1.82, 2.24) is 20.1 Å². The first-order valence-electron chi connectivity index (χ1n) is 9.75. The number of hydrogen-bond acceptors (Lipinski definition) is 6. The molecule has 1 saturated heterocycles. The zero-order valence-electron chi connectivity index (χ0n) is 16.8. The van der Waals surface area contributed by atoms with Crippen molar-refractivity contribution in [2.75, 3.05) is 36.5 Å². The maximum absolute atomic E-state index is 14.7. The number of carbonyl (C=O) groups is 1. The van der Waals surface area contributed by atoms with Crippen LogP contribution in [0.4, 0.5) is 25.7 Å². The van der Waals surface area contributed by atoms with Gasteiger partial charge in [0, 0.05) is 36.3 Å². The van der Waals surface area contributed by atoms with Gasteiger partial charge < -0.3 is 15.4 Å². The lowest BCUT2D eigenvalue weighted by Crippen LogP contribution is -2.27. The highest BCUT2D eigenvalue weighted by Crippen LogP contribution is 2.31. The lowest BCUT2D eigenvalue weighted by atomic mass is 10.1. The Labute approximate surface area is 177 Å². The van der Waals surface area contributed by atoms with E-state index in [0.717, 1.165) is 11.4 Å². The Hall–Kier alpha value is -2.98. The second-order valence-electron chi connectivity index (χ2n) is 6.77. The third-order valence-electron chi connectivity index (χ3n) is 4.90. The van der Waals surface area contributed by atoms with E-state index in [2.05, 4.69) is 20.7 Å². The summed E-state index contributed by atoms with van der Waals surface area (Å²) in [6.07, 6.45) is 1.75. The summed E-state index contributed by atoms with van der Waals surface area (Å²) in [6.45, 7) is 6.98. The van der Waals surface area contributed by atoms with Crippen molar-refractivity contribution in [3.05, 3.63) is 41.3 Å². The van der Waals surface area contributed by atoms with Gasteiger partial charge in [-0.25, -0.2) is 14.2 Å². The van der Waals surface area contributed by atoms with E-state index in [4.69, 9.17) is 4.74 Å². The average molecular weight is 431 g/mol. The average Bonchev–Trinajstić information content (AvgIpc) is 3.45. The number of hydrogen-bond donors (Lipinski definition) is 2. The zero-order chi connectivity index (χ0) is 21.1. The molecule has 0 saturated carbocycles. The Kier molecular flexibility index (Phi) is 5.96. The molecule has 0 spiro atoms. The minimum absolute atomic E-state index is 0.209. The van der Waals surface area contributed by atoms with E-state index in [1.54, 1.807) is 23.7 Å². The van der Waals surface area contributed by atoms with E-state index in [-0.39, 0.29) is 6.03 Å². The van der Waals surface area contributed by atoms with Crippen molar-refractivity contribution < 1.29 is 13.9 Å². The monoisotopic (exact) mass is 430 g/mol. The van der Waals surface area contributed by atoms with Crippen LogP contribution in [-0.4, -0.2) is 47.1 Å². The van der Waals surface area contributed by atoms with Gasteiger partial charge in [0.1, 0.15) is 5.82 Å². The highest BCUT2D eigenvalue weighted by Gasteiger charge is 2.22. The fourth-order valence-corrected chi connectivity index (χ4v) is 3.98. The lowest BCUT2D eigenvalue weighted by Gasteiger charge is -2.14. The van der Waals surface area contributed by atoms with Gasteiger partial charge >= 0.3 is 6.03 Å². The summed E-state index contributed by atoms with van der Waals surface area (Å²) in [4.78, 5) is 17.8. The van der Waals surface area contributed by atoms with E-state index in [1.807, 2.05) is 18.5 Å². The molecule has 0 radical (unpaired) electrons. The number of benzene rings is 1. The summed E-state index contributed by atoms with van der Waals surface area (Å²) in [5, 5.41) is 12.8. The molecular weight excluding hydrogens is 407 g/mol. The molecule has 10 heteroatoms. The second-order valence-corrected chi connectivity index (χ2v) is 7.63. The van der Waals surface area contributed by atoms with Crippen LogP contribution in [0, 0.1) is 12.7 Å². The van der Waals surface area contributed by atoms with E-state index in [9.17, 15) is 9.18 Å². The second kappa shape index (κ2) is 8.80. The molecule has 1 aliphatic heterocycles. The van der Waals surface area contributed by atoms with Gasteiger partial charge in [0.25, 0.3) is 0 Å². The van der Waals surface area contributed by atoms with Crippen LogP contribution in [0.5, 0.6) is 0 Å². The molecule has 3 heterocycles. The van der Waals surface area contributed by atoms with E-state index >= 15 is 0 Å². The smallest absolute Gasteiger partial charge is 0.321 e. The van der Waals surface area contributed by atoms with Gasteiger partial charge in [-0.15, -0.1) is 11.3 Å². The van der Waals surface area contributed by atoms with Gasteiger partial charge in [0.15, 0.2) is 5.13 Å². The molecule has 1 fully saturated rings. The maximum Gasteiger partial charge on any atom is 0.321 e. The molecule has 0 unspecified atom stereocenters. The molecule has 0 aliphatic carbocycles. The number of nitrogens with one attached hydrogen (secondary N) is 2. The van der Waals surface area contributed by atoms with Crippen molar-refractivity contribution in [2.24, 2.45) is 0 Å². The highest BCUT2D eigenvalue weighted by molar-refractivity contribution is 7.14. The minimum Gasteiger partial charge on any atom is -0.380 e. The van der Waals surface area contributed by atoms with Crippen LogP contribution in [0.3, 0.4) is 0 Å². The summed E-state index contributed by atoms with van der Waals surface area (Å²) in [5.41, 5.74) is 3.30. The number of rotatable bonds is 8. The third kappa shape index (κ3) is 4.14. The van der Waals surface area contributed by atoms with Gasteiger partial charge in [-0.2, -0.15) is 5.10 Å². The molecule has 4 rings (SSSR count). The number of aromatic nitrogens is 3. The van der Waals surface area contributed by atoms with Gasteiger partial charge in [0.05, 0.1) is 36.4 Å². The van der Waals surface area contributed by atoms with Crippen LogP contribution in [0.1, 0.15) is 12.6 Å². The van der Waals surface area contributed by atoms with Crippen LogP contribution in [0.2, 0.25) is 0 Å². The molecule has 2 aromatic heterocycles. The number of nitrogens with zero attached hydrogens (tertiary/aromatic N) is 4. The molecule has 1 aliphatic rings. The summed E-state index contributed by atoms with van der Waals surface area (Å²) in [6, 6.07) is 4.56.